The number of ether oxygens (including phenoxy) is 3. The lowest BCUT2D eigenvalue weighted by Crippen LogP contribution is -2.45. The van der Waals surface area contributed by atoms with Crippen molar-refractivity contribution in [1.82, 2.24) is 10.6 Å². The Bertz CT molecular complexity index is 1130. The molecule has 0 bridgehead atoms. The van der Waals surface area contributed by atoms with Gasteiger partial charge in [0.25, 0.3) is 0 Å². The summed E-state index contributed by atoms with van der Waals surface area (Å²) in [6, 6.07) is 12.3. The Morgan fingerprint density at radius 1 is 1.21 bits per heavy atom. The summed E-state index contributed by atoms with van der Waals surface area (Å²) in [5.74, 6) is -0.485. The predicted molar refractivity (Wildman–Crippen MR) is 133 cm³/mol. The highest BCUT2D eigenvalue weighted by atomic mass is 79.9. The van der Waals surface area contributed by atoms with E-state index in [1.54, 1.807) is 32.1 Å². The average Bonchev–Trinajstić information content (AvgIpc) is 2.79. The van der Waals surface area contributed by atoms with Gasteiger partial charge in [0, 0.05) is 11.8 Å². The molecule has 0 saturated heterocycles. The zero-order valence-electron chi connectivity index (χ0n) is 18.3. The maximum absolute atomic E-state index is 12.6. The molecule has 7 nitrogen and oxygen atoms in total. The standard InChI is InChI=1S/C24H23BrN2O5S/c1-4-31-23(29)20-14(2)26-24(33)27-21(20)16-12-17(25)22(18(13-16)30-3)32-19(28)11-10-15-8-6-5-7-9-15/h5-13,21H,4H2,1-3H3,(H2,26,27,33)/b11-10+. The molecule has 0 spiro atoms. The molecule has 0 radical (unpaired) electrons. The first-order valence-corrected chi connectivity index (χ1v) is 11.3. The van der Waals surface area contributed by atoms with E-state index >= 15 is 0 Å². The molecular weight excluding hydrogens is 508 g/mol. The lowest BCUT2D eigenvalue weighted by Gasteiger charge is -2.30. The number of thiocarbonyl (C=S) groups is 1. The quantitative estimate of drug-likeness (QED) is 0.235. The van der Waals surface area contributed by atoms with Gasteiger partial charge in [-0.05, 0) is 71.3 Å². The van der Waals surface area contributed by atoms with Gasteiger partial charge in [-0.3, -0.25) is 0 Å². The minimum absolute atomic E-state index is 0.221. The van der Waals surface area contributed by atoms with Crippen molar-refractivity contribution in [3.8, 4) is 11.5 Å². The van der Waals surface area contributed by atoms with Crippen LogP contribution in [-0.2, 0) is 14.3 Å². The molecule has 0 amide bonds. The molecule has 0 aromatic heterocycles. The topological polar surface area (TPSA) is 85.9 Å². The summed E-state index contributed by atoms with van der Waals surface area (Å²) in [5, 5.41) is 6.43. The molecule has 1 aliphatic rings. The van der Waals surface area contributed by atoms with Crippen LogP contribution in [0.25, 0.3) is 6.08 Å². The first-order chi connectivity index (χ1) is 15.8. The molecule has 1 aliphatic heterocycles. The van der Waals surface area contributed by atoms with Gasteiger partial charge >= 0.3 is 11.9 Å². The van der Waals surface area contributed by atoms with E-state index in [9.17, 15) is 9.59 Å². The minimum Gasteiger partial charge on any atom is -0.493 e. The van der Waals surface area contributed by atoms with Crippen molar-refractivity contribution >= 4 is 51.3 Å². The molecule has 172 valence electrons. The van der Waals surface area contributed by atoms with Crippen molar-refractivity contribution in [2.24, 2.45) is 0 Å². The van der Waals surface area contributed by atoms with Crippen LogP contribution in [0.4, 0.5) is 0 Å². The fourth-order valence-electron chi connectivity index (χ4n) is 3.29. The number of benzene rings is 2. The van der Waals surface area contributed by atoms with Crippen LogP contribution in [-0.4, -0.2) is 30.8 Å². The largest absolute Gasteiger partial charge is 0.493 e. The van der Waals surface area contributed by atoms with Gasteiger partial charge in [-0.1, -0.05) is 30.3 Å². The normalized spacial score (nSPS) is 15.6. The third-order valence-corrected chi connectivity index (χ3v) is 5.57. The number of carbonyl (C=O) groups is 2. The van der Waals surface area contributed by atoms with Crippen molar-refractivity contribution in [3.05, 3.63) is 75.4 Å². The molecule has 2 aromatic rings. The Hall–Kier alpha value is -3.17. The fraction of sp³-hybridized carbons (Fsp3) is 0.208. The van der Waals surface area contributed by atoms with Gasteiger partial charge in [0.05, 0.1) is 29.8 Å². The number of methoxy groups -OCH3 is 1. The van der Waals surface area contributed by atoms with Crippen molar-refractivity contribution in [2.45, 2.75) is 19.9 Å². The molecule has 0 saturated carbocycles. The number of carbonyl (C=O) groups excluding carboxylic acids is 2. The van der Waals surface area contributed by atoms with Gasteiger partial charge in [-0.15, -0.1) is 0 Å². The Morgan fingerprint density at radius 2 is 1.94 bits per heavy atom. The highest BCUT2D eigenvalue weighted by Crippen LogP contribution is 2.40. The highest BCUT2D eigenvalue weighted by molar-refractivity contribution is 9.10. The predicted octanol–water partition coefficient (Wildman–Crippen LogP) is 4.43. The summed E-state index contributed by atoms with van der Waals surface area (Å²) >= 11 is 8.74. The summed E-state index contributed by atoms with van der Waals surface area (Å²) in [4.78, 5) is 25.0. The third-order valence-electron chi connectivity index (χ3n) is 4.76. The lowest BCUT2D eigenvalue weighted by atomic mass is 9.95. The molecule has 1 atom stereocenters. The van der Waals surface area contributed by atoms with Gasteiger partial charge in [0.15, 0.2) is 16.6 Å². The smallest absolute Gasteiger partial charge is 0.338 e. The van der Waals surface area contributed by atoms with Gasteiger partial charge in [0.1, 0.15) is 0 Å². The molecule has 0 fully saturated rings. The van der Waals surface area contributed by atoms with Crippen molar-refractivity contribution in [1.29, 1.82) is 0 Å². The summed E-state index contributed by atoms with van der Waals surface area (Å²) < 4.78 is 16.7. The van der Waals surface area contributed by atoms with Crippen molar-refractivity contribution in [2.75, 3.05) is 13.7 Å². The van der Waals surface area contributed by atoms with Gasteiger partial charge in [-0.2, -0.15) is 0 Å². The van der Waals surface area contributed by atoms with Crippen LogP contribution >= 0.6 is 28.1 Å². The molecule has 2 N–H and O–H groups in total. The van der Waals surface area contributed by atoms with E-state index in [2.05, 4.69) is 26.6 Å². The zero-order chi connectivity index (χ0) is 24.0. The summed E-state index contributed by atoms with van der Waals surface area (Å²) in [6.45, 7) is 3.74. The second-order valence-electron chi connectivity index (χ2n) is 6.99. The molecule has 1 unspecified atom stereocenters. The van der Waals surface area contributed by atoms with Gasteiger partial charge in [-0.25, -0.2) is 9.59 Å². The molecule has 1 heterocycles. The molecule has 2 aromatic carbocycles. The van der Waals surface area contributed by atoms with E-state index in [-0.39, 0.29) is 12.4 Å². The second-order valence-corrected chi connectivity index (χ2v) is 8.25. The SMILES string of the molecule is CCOC(=O)C1=C(C)NC(=S)NC1c1cc(Br)c(OC(=O)/C=C/c2ccccc2)c(OC)c1. The van der Waals surface area contributed by atoms with Crippen LogP contribution in [0, 0.1) is 0 Å². The van der Waals surface area contributed by atoms with Crippen LogP contribution in [0.15, 0.2) is 64.3 Å². The molecule has 33 heavy (non-hydrogen) atoms. The van der Waals surface area contributed by atoms with Crippen LogP contribution in [0.2, 0.25) is 0 Å². The molecule has 9 heteroatoms. The summed E-state index contributed by atoms with van der Waals surface area (Å²) in [5.41, 5.74) is 2.54. The van der Waals surface area contributed by atoms with Crippen molar-refractivity contribution in [3.63, 3.8) is 0 Å². The van der Waals surface area contributed by atoms with Crippen LogP contribution in [0.5, 0.6) is 11.5 Å². The number of halogens is 1. The maximum Gasteiger partial charge on any atom is 0.338 e. The number of rotatable bonds is 7. The van der Waals surface area contributed by atoms with E-state index in [0.717, 1.165) is 5.56 Å². The molecule has 0 aliphatic carbocycles. The van der Waals surface area contributed by atoms with E-state index < -0.39 is 18.0 Å². The average molecular weight is 531 g/mol. The lowest BCUT2D eigenvalue weighted by molar-refractivity contribution is -0.139. The van der Waals surface area contributed by atoms with Crippen LogP contribution in [0.1, 0.15) is 31.0 Å². The number of nitrogens with one attached hydrogen (secondary N) is 2. The maximum atomic E-state index is 12.6. The number of hydrogen-bond donors (Lipinski definition) is 2. The van der Waals surface area contributed by atoms with Gasteiger partial charge in [0.2, 0.25) is 0 Å². The Kier molecular flexibility index (Phi) is 8.24. The van der Waals surface area contributed by atoms with E-state index in [1.165, 1.54) is 13.2 Å². The Balaban J connectivity index is 1.91. The Labute approximate surface area is 205 Å². The van der Waals surface area contributed by atoms with Crippen LogP contribution in [0.3, 0.4) is 0 Å². The number of allylic oxidation sites excluding steroid dienone is 1. The van der Waals surface area contributed by atoms with E-state index in [1.807, 2.05) is 30.3 Å². The Morgan fingerprint density at radius 3 is 2.61 bits per heavy atom. The van der Waals surface area contributed by atoms with Crippen LogP contribution < -0.4 is 20.1 Å². The monoisotopic (exact) mass is 530 g/mol. The zero-order valence-corrected chi connectivity index (χ0v) is 20.7. The summed E-state index contributed by atoms with van der Waals surface area (Å²) in [6.07, 6.45) is 3.00. The highest BCUT2D eigenvalue weighted by Gasteiger charge is 2.32. The first-order valence-electron chi connectivity index (χ1n) is 10.1. The molecule has 3 rings (SSSR count). The first kappa shape index (κ1) is 24.5. The number of esters is 2. The van der Waals surface area contributed by atoms with Crippen molar-refractivity contribution < 1.29 is 23.8 Å². The third kappa shape index (κ3) is 6.00. The fourth-order valence-corrected chi connectivity index (χ4v) is 4.10. The minimum atomic E-state index is -0.578. The van der Waals surface area contributed by atoms with E-state index in [0.29, 0.717) is 32.2 Å². The van der Waals surface area contributed by atoms with E-state index in [4.69, 9.17) is 26.4 Å². The van der Waals surface area contributed by atoms with Gasteiger partial charge < -0.3 is 24.8 Å². The second kappa shape index (κ2) is 11.1. The number of hydrogen-bond acceptors (Lipinski definition) is 6. The summed E-state index contributed by atoms with van der Waals surface area (Å²) in [7, 11) is 1.47. The molecular formula is C24H23BrN2O5S.